The minimum Gasteiger partial charge on any atom is -0.135 e. The molecular formula is C52H30S2. The monoisotopic (exact) mass is 718 g/mol. The van der Waals surface area contributed by atoms with Gasteiger partial charge in [-0.15, -0.1) is 22.7 Å². The van der Waals surface area contributed by atoms with E-state index in [1.807, 2.05) is 22.7 Å². The van der Waals surface area contributed by atoms with Gasteiger partial charge in [0.15, 0.2) is 0 Å². The summed E-state index contributed by atoms with van der Waals surface area (Å²) in [7, 11) is 0. The fraction of sp³-hybridized carbons (Fsp3) is 0. The summed E-state index contributed by atoms with van der Waals surface area (Å²) in [5.41, 5.74) is 7.68. The minimum atomic E-state index is 1.26. The fourth-order valence-electron chi connectivity index (χ4n) is 9.11. The molecule has 12 rings (SSSR count). The van der Waals surface area contributed by atoms with Crippen LogP contribution in [0.25, 0.3) is 117 Å². The van der Waals surface area contributed by atoms with Gasteiger partial charge < -0.3 is 0 Å². The first-order valence-corrected chi connectivity index (χ1v) is 20.1. The molecule has 0 N–H and O–H groups in total. The zero-order valence-electron chi connectivity index (χ0n) is 29.1. The smallest absolute Gasteiger partial charge is 0.0434 e. The standard InChI is InChI=1S/C52H30S2/c1-2-14-32-31(13-1)29-47(34-16-4-3-15-33(32)34)50-39-21-9-19-35(41-23-11-25-43-37-17-5-7-27-48(37)53-51(41)43)45(39)30-46-36(20-10-22-40(46)50)42-24-12-26-44-38-18-6-8-28-49(38)54-52(42)44/h1-30H. The number of hydrogen-bond donors (Lipinski definition) is 0. The largest absolute Gasteiger partial charge is 0.135 e. The van der Waals surface area contributed by atoms with Gasteiger partial charge in [0.1, 0.15) is 0 Å². The second-order valence-electron chi connectivity index (χ2n) is 14.3. The van der Waals surface area contributed by atoms with Crippen LogP contribution < -0.4 is 0 Å². The molecule has 0 radical (unpaired) electrons. The Kier molecular flexibility index (Phi) is 6.48. The van der Waals surface area contributed by atoms with Crippen LogP contribution in [0, 0.1) is 0 Å². The first-order chi connectivity index (χ1) is 26.8. The van der Waals surface area contributed by atoms with Crippen LogP contribution >= 0.6 is 22.7 Å². The maximum atomic E-state index is 2.50. The Bertz CT molecular complexity index is 3330. The van der Waals surface area contributed by atoms with Gasteiger partial charge in [0, 0.05) is 51.5 Å². The van der Waals surface area contributed by atoms with Crippen molar-refractivity contribution in [1.82, 2.24) is 0 Å². The van der Waals surface area contributed by atoms with E-state index in [9.17, 15) is 0 Å². The number of rotatable bonds is 3. The van der Waals surface area contributed by atoms with E-state index in [2.05, 4.69) is 182 Å². The topological polar surface area (TPSA) is 0 Å². The van der Waals surface area contributed by atoms with E-state index in [1.54, 1.807) is 0 Å². The van der Waals surface area contributed by atoms with Crippen molar-refractivity contribution in [2.24, 2.45) is 0 Å². The van der Waals surface area contributed by atoms with Gasteiger partial charge in [0.2, 0.25) is 0 Å². The van der Waals surface area contributed by atoms with Gasteiger partial charge in [-0.05, 0) is 89.6 Å². The number of benzene rings is 10. The molecule has 0 unspecified atom stereocenters. The van der Waals surface area contributed by atoms with Crippen molar-refractivity contribution in [3.05, 3.63) is 182 Å². The molecule has 54 heavy (non-hydrogen) atoms. The van der Waals surface area contributed by atoms with Crippen LogP contribution in [0.2, 0.25) is 0 Å². The lowest BCUT2D eigenvalue weighted by molar-refractivity contribution is 1.69. The molecule has 12 aromatic rings. The molecule has 0 spiro atoms. The van der Waals surface area contributed by atoms with E-state index in [4.69, 9.17) is 0 Å². The number of fused-ring (bicyclic) bond motifs is 11. The van der Waals surface area contributed by atoms with Gasteiger partial charge in [-0.25, -0.2) is 0 Å². The SMILES string of the molecule is c1ccc2c(c1)cc(-c1c3cccc(-c4cccc5c4sc4ccccc45)c3cc3c(-c4cccc5c4sc4ccccc45)cccc13)c1ccccc12. The third-order valence-electron chi connectivity index (χ3n) is 11.5. The minimum absolute atomic E-state index is 1.26. The van der Waals surface area contributed by atoms with E-state index in [0.29, 0.717) is 0 Å². The van der Waals surface area contributed by atoms with Gasteiger partial charge >= 0.3 is 0 Å². The lowest BCUT2D eigenvalue weighted by Gasteiger charge is -2.19. The number of thiophene rings is 2. The molecule has 250 valence electrons. The van der Waals surface area contributed by atoms with E-state index in [-0.39, 0.29) is 0 Å². The van der Waals surface area contributed by atoms with Gasteiger partial charge in [-0.3, -0.25) is 0 Å². The third-order valence-corrected chi connectivity index (χ3v) is 13.9. The molecule has 0 saturated heterocycles. The first-order valence-electron chi connectivity index (χ1n) is 18.5. The molecule has 10 aromatic carbocycles. The van der Waals surface area contributed by atoms with Gasteiger partial charge in [0.05, 0.1) is 0 Å². The quantitative estimate of drug-likeness (QED) is 0.126. The van der Waals surface area contributed by atoms with Crippen molar-refractivity contribution in [1.29, 1.82) is 0 Å². The molecule has 0 fully saturated rings. The molecule has 0 aliphatic rings. The summed E-state index contributed by atoms with van der Waals surface area (Å²) in [6.07, 6.45) is 0. The Hall–Kier alpha value is -6.32. The van der Waals surface area contributed by atoms with Crippen molar-refractivity contribution in [3.63, 3.8) is 0 Å². The third kappa shape index (κ3) is 4.30. The van der Waals surface area contributed by atoms with Crippen LogP contribution in [0.5, 0.6) is 0 Å². The summed E-state index contributed by atoms with van der Waals surface area (Å²) in [5, 5.41) is 15.5. The van der Waals surface area contributed by atoms with Crippen LogP contribution in [0.1, 0.15) is 0 Å². The zero-order valence-corrected chi connectivity index (χ0v) is 30.8. The van der Waals surface area contributed by atoms with Crippen LogP contribution in [0.4, 0.5) is 0 Å². The van der Waals surface area contributed by atoms with Crippen LogP contribution in [-0.4, -0.2) is 0 Å². The normalized spacial score (nSPS) is 12.1. The maximum Gasteiger partial charge on any atom is 0.0434 e. The molecule has 0 aliphatic heterocycles. The fourth-order valence-corrected chi connectivity index (χ4v) is 11.6. The number of hydrogen-bond acceptors (Lipinski definition) is 2. The molecule has 0 bridgehead atoms. The lowest BCUT2D eigenvalue weighted by Crippen LogP contribution is -1.92. The molecule has 0 nitrogen and oxygen atoms in total. The average molecular weight is 719 g/mol. The second-order valence-corrected chi connectivity index (χ2v) is 16.4. The summed E-state index contributed by atoms with van der Waals surface area (Å²) in [5.74, 6) is 0. The molecular weight excluding hydrogens is 689 g/mol. The van der Waals surface area contributed by atoms with Crippen LogP contribution in [0.3, 0.4) is 0 Å². The Balaban J connectivity index is 1.26. The second kappa shape index (κ2) is 11.6. The Morgan fingerprint density at radius 3 is 1.24 bits per heavy atom. The molecule has 2 heterocycles. The summed E-state index contributed by atoms with van der Waals surface area (Å²) in [4.78, 5) is 0. The van der Waals surface area contributed by atoms with Crippen molar-refractivity contribution >= 4 is 106 Å². The molecule has 0 atom stereocenters. The summed E-state index contributed by atoms with van der Waals surface area (Å²) in [6.45, 7) is 0. The molecule has 0 aliphatic carbocycles. The molecule has 2 aromatic heterocycles. The van der Waals surface area contributed by atoms with Crippen LogP contribution in [-0.2, 0) is 0 Å². The highest BCUT2D eigenvalue weighted by molar-refractivity contribution is 7.26. The van der Waals surface area contributed by atoms with E-state index in [0.717, 1.165) is 0 Å². The Morgan fingerprint density at radius 2 is 0.667 bits per heavy atom. The predicted molar refractivity (Wildman–Crippen MR) is 239 cm³/mol. The first kappa shape index (κ1) is 30.2. The lowest BCUT2D eigenvalue weighted by atomic mass is 9.84. The van der Waals surface area contributed by atoms with Crippen molar-refractivity contribution in [2.45, 2.75) is 0 Å². The molecule has 2 heteroatoms. The Labute approximate surface area is 319 Å². The van der Waals surface area contributed by atoms with Gasteiger partial charge in [-0.2, -0.15) is 0 Å². The zero-order chi connectivity index (χ0) is 35.3. The maximum absolute atomic E-state index is 2.50. The van der Waals surface area contributed by atoms with Gasteiger partial charge in [-0.1, -0.05) is 158 Å². The highest BCUT2D eigenvalue weighted by Gasteiger charge is 2.21. The van der Waals surface area contributed by atoms with E-state index >= 15 is 0 Å². The van der Waals surface area contributed by atoms with Crippen molar-refractivity contribution < 1.29 is 0 Å². The summed E-state index contributed by atoms with van der Waals surface area (Å²) in [6, 6.07) is 68.0. The molecule has 0 saturated carbocycles. The summed E-state index contributed by atoms with van der Waals surface area (Å²) >= 11 is 3.81. The summed E-state index contributed by atoms with van der Waals surface area (Å²) < 4.78 is 5.33. The highest BCUT2D eigenvalue weighted by atomic mass is 32.1. The van der Waals surface area contributed by atoms with Crippen LogP contribution in [0.15, 0.2) is 182 Å². The van der Waals surface area contributed by atoms with E-state index < -0.39 is 0 Å². The Morgan fingerprint density at radius 1 is 0.241 bits per heavy atom. The van der Waals surface area contributed by atoms with Crippen molar-refractivity contribution in [2.75, 3.05) is 0 Å². The van der Waals surface area contributed by atoms with E-state index in [1.165, 1.54) is 117 Å². The van der Waals surface area contributed by atoms with Gasteiger partial charge in [0.25, 0.3) is 0 Å². The van der Waals surface area contributed by atoms with Crippen molar-refractivity contribution in [3.8, 4) is 33.4 Å². The molecule has 0 amide bonds. The average Bonchev–Trinajstić information content (AvgIpc) is 3.81. The predicted octanol–water partition coefficient (Wildman–Crippen LogP) is 16.0. The highest BCUT2D eigenvalue weighted by Crippen LogP contribution is 2.49.